The SMILES string of the molecule is Cc1cccc([N+](=O)[O-])c1Oc1ccccc1C(=N)N. The molecule has 0 bridgehead atoms. The normalized spacial score (nSPS) is 10.1. The predicted molar refractivity (Wildman–Crippen MR) is 75.4 cm³/mol. The van der Waals surface area contributed by atoms with Crippen molar-refractivity contribution >= 4 is 11.5 Å². The molecule has 0 saturated heterocycles. The average molecular weight is 271 g/mol. The second kappa shape index (κ2) is 5.40. The van der Waals surface area contributed by atoms with Crippen LogP contribution in [0, 0.1) is 22.4 Å². The predicted octanol–water partition coefficient (Wildman–Crippen LogP) is 2.98. The van der Waals surface area contributed by atoms with E-state index in [0.29, 0.717) is 16.9 Å². The Morgan fingerprint density at radius 2 is 1.95 bits per heavy atom. The number of nitro groups is 1. The van der Waals surface area contributed by atoms with E-state index in [2.05, 4.69) is 0 Å². The van der Waals surface area contributed by atoms with E-state index < -0.39 is 4.92 Å². The lowest BCUT2D eigenvalue weighted by Crippen LogP contribution is -2.12. The minimum atomic E-state index is -0.501. The van der Waals surface area contributed by atoms with E-state index in [-0.39, 0.29) is 17.3 Å². The Kier molecular flexibility index (Phi) is 3.65. The fourth-order valence-corrected chi connectivity index (χ4v) is 1.80. The molecule has 6 heteroatoms. The Morgan fingerprint density at radius 1 is 1.25 bits per heavy atom. The quantitative estimate of drug-likeness (QED) is 0.386. The molecule has 0 radical (unpaired) electrons. The minimum absolute atomic E-state index is 0.122. The number of nitrogens with zero attached hydrogens (tertiary/aromatic N) is 1. The maximum Gasteiger partial charge on any atom is 0.311 e. The number of ether oxygens (including phenoxy) is 1. The van der Waals surface area contributed by atoms with Gasteiger partial charge in [0.2, 0.25) is 5.75 Å². The van der Waals surface area contributed by atoms with Crippen LogP contribution in [0.15, 0.2) is 42.5 Å². The molecule has 6 nitrogen and oxygen atoms in total. The average Bonchev–Trinajstić information content (AvgIpc) is 2.41. The summed E-state index contributed by atoms with van der Waals surface area (Å²) in [5.41, 5.74) is 6.38. The van der Waals surface area contributed by atoms with Crippen molar-refractivity contribution in [3.8, 4) is 11.5 Å². The highest BCUT2D eigenvalue weighted by Crippen LogP contribution is 2.35. The zero-order valence-electron chi connectivity index (χ0n) is 10.8. The maximum absolute atomic E-state index is 11.0. The van der Waals surface area contributed by atoms with Crippen molar-refractivity contribution in [3.05, 3.63) is 63.7 Å². The third-order valence-corrected chi connectivity index (χ3v) is 2.78. The van der Waals surface area contributed by atoms with Crippen LogP contribution < -0.4 is 10.5 Å². The molecule has 0 aliphatic rings. The fourth-order valence-electron chi connectivity index (χ4n) is 1.80. The number of amidine groups is 1. The van der Waals surface area contributed by atoms with Gasteiger partial charge < -0.3 is 10.5 Å². The first-order valence-corrected chi connectivity index (χ1v) is 5.86. The number of nitro benzene ring substituents is 1. The largest absolute Gasteiger partial charge is 0.449 e. The molecule has 0 unspecified atom stereocenters. The number of aryl methyl sites for hydroxylation is 1. The summed E-state index contributed by atoms with van der Waals surface area (Å²) < 4.78 is 5.63. The van der Waals surface area contributed by atoms with E-state index in [1.165, 1.54) is 6.07 Å². The van der Waals surface area contributed by atoms with Gasteiger partial charge in [-0.25, -0.2) is 0 Å². The van der Waals surface area contributed by atoms with Crippen LogP contribution in [-0.4, -0.2) is 10.8 Å². The van der Waals surface area contributed by atoms with E-state index in [4.69, 9.17) is 15.9 Å². The van der Waals surface area contributed by atoms with E-state index >= 15 is 0 Å². The van der Waals surface area contributed by atoms with Gasteiger partial charge in [-0.1, -0.05) is 24.3 Å². The number of nitrogen functional groups attached to an aromatic ring is 1. The fraction of sp³-hybridized carbons (Fsp3) is 0.0714. The number of nitrogens with two attached hydrogens (primary N) is 1. The van der Waals surface area contributed by atoms with Gasteiger partial charge in [-0.05, 0) is 24.6 Å². The van der Waals surface area contributed by atoms with Gasteiger partial charge in [0, 0.05) is 6.07 Å². The van der Waals surface area contributed by atoms with Gasteiger partial charge in [0.15, 0.2) is 0 Å². The van der Waals surface area contributed by atoms with Crippen molar-refractivity contribution in [2.24, 2.45) is 5.73 Å². The van der Waals surface area contributed by atoms with E-state index in [1.807, 2.05) is 0 Å². The van der Waals surface area contributed by atoms with Crippen molar-refractivity contribution in [1.29, 1.82) is 5.41 Å². The number of rotatable bonds is 4. The molecule has 3 N–H and O–H groups in total. The molecule has 102 valence electrons. The van der Waals surface area contributed by atoms with Gasteiger partial charge in [-0.2, -0.15) is 0 Å². The van der Waals surface area contributed by atoms with Crippen LogP contribution in [0.4, 0.5) is 5.69 Å². The second-order valence-corrected chi connectivity index (χ2v) is 4.19. The molecule has 0 spiro atoms. The van der Waals surface area contributed by atoms with E-state index in [9.17, 15) is 10.1 Å². The van der Waals surface area contributed by atoms with Gasteiger partial charge in [-0.3, -0.25) is 15.5 Å². The Bertz CT molecular complexity index is 683. The Hall–Kier alpha value is -2.89. The summed E-state index contributed by atoms with van der Waals surface area (Å²) in [4.78, 5) is 10.5. The summed E-state index contributed by atoms with van der Waals surface area (Å²) >= 11 is 0. The van der Waals surface area contributed by atoms with Gasteiger partial charge in [0.1, 0.15) is 11.6 Å². The molecule has 2 rings (SSSR count). The number of hydrogen-bond donors (Lipinski definition) is 2. The maximum atomic E-state index is 11.0. The zero-order chi connectivity index (χ0) is 14.7. The third-order valence-electron chi connectivity index (χ3n) is 2.78. The molecule has 0 amide bonds. The van der Waals surface area contributed by atoms with Gasteiger partial charge in [0.05, 0.1) is 10.5 Å². The van der Waals surface area contributed by atoms with Crippen LogP contribution in [0.3, 0.4) is 0 Å². The molecule has 0 atom stereocenters. The smallest absolute Gasteiger partial charge is 0.311 e. The standard InChI is InChI=1S/C14H13N3O3/c1-9-5-4-7-11(17(18)19)13(9)20-12-8-3-2-6-10(12)14(15)16/h2-8H,1H3,(H3,15,16). The van der Waals surface area contributed by atoms with E-state index in [0.717, 1.165) is 0 Å². The molecule has 0 saturated carbocycles. The van der Waals surface area contributed by atoms with Crippen molar-refractivity contribution in [1.82, 2.24) is 0 Å². The summed E-state index contributed by atoms with van der Waals surface area (Å²) in [5, 5.41) is 18.5. The topological polar surface area (TPSA) is 102 Å². The molecule has 20 heavy (non-hydrogen) atoms. The Balaban J connectivity index is 2.51. The third kappa shape index (κ3) is 2.59. The molecular formula is C14H13N3O3. The molecule has 0 aliphatic carbocycles. The summed E-state index contributed by atoms with van der Waals surface area (Å²) in [7, 11) is 0. The van der Waals surface area contributed by atoms with Gasteiger partial charge >= 0.3 is 5.69 Å². The van der Waals surface area contributed by atoms with Crippen molar-refractivity contribution < 1.29 is 9.66 Å². The monoisotopic (exact) mass is 271 g/mol. The van der Waals surface area contributed by atoms with Gasteiger partial charge in [0.25, 0.3) is 0 Å². The molecule has 0 fully saturated rings. The highest BCUT2D eigenvalue weighted by atomic mass is 16.6. The first-order valence-electron chi connectivity index (χ1n) is 5.86. The highest BCUT2D eigenvalue weighted by molar-refractivity contribution is 5.97. The highest BCUT2D eigenvalue weighted by Gasteiger charge is 2.19. The lowest BCUT2D eigenvalue weighted by atomic mass is 10.1. The van der Waals surface area contributed by atoms with Crippen molar-refractivity contribution in [2.45, 2.75) is 6.92 Å². The number of hydrogen-bond acceptors (Lipinski definition) is 4. The van der Waals surface area contributed by atoms with Crippen LogP contribution in [-0.2, 0) is 0 Å². The summed E-state index contributed by atoms with van der Waals surface area (Å²) in [6, 6.07) is 11.4. The lowest BCUT2D eigenvalue weighted by Gasteiger charge is -2.12. The van der Waals surface area contributed by atoms with Crippen LogP contribution in [0.1, 0.15) is 11.1 Å². The lowest BCUT2D eigenvalue weighted by molar-refractivity contribution is -0.385. The molecule has 0 aromatic heterocycles. The number of nitrogens with one attached hydrogen (secondary N) is 1. The van der Waals surface area contributed by atoms with Crippen LogP contribution >= 0.6 is 0 Å². The Labute approximate surface area is 115 Å². The molecule has 2 aromatic rings. The summed E-state index contributed by atoms with van der Waals surface area (Å²) in [6.45, 7) is 1.72. The molecular weight excluding hydrogens is 258 g/mol. The van der Waals surface area contributed by atoms with Crippen molar-refractivity contribution in [2.75, 3.05) is 0 Å². The molecule has 0 aliphatic heterocycles. The first-order chi connectivity index (χ1) is 9.50. The number of para-hydroxylation sites is 2. The van der Waals surface area contributed by atoms with Gasteiger partial charge in [-0.15, -0.1) is 0 Å². The van der Waals surface area contributed by atoms with E-state index in [1.54, 1.807) is 43.3 Å². The molecule has 2 aromatic carbocycles. The number of benzene rings is 2. The van der Waals surface area contributed by atoms with Crippen molar-refractivity contribution in [3.63, 3.8) is 0 Å². The van der Waals surface area contributed by atoms with Crippen LogP contribution in [0.5, 0.6) is 11.5 Å². The second-order valence-electron chi connectivity index (χ2n) is 4.19. The minimum Gasteiger partial charge on any atom is -0.449 e. The summed E-state index contributed by atoms with van der Waals surface area (Å²) in [6.07, 6.45) is 0. The first kappa shape index (κ1) is 13.5. The van der Waals surface area contributed by atoms with Crippen LogP contribution in [0.2, 0.25) is 0 Å². The molecule has 0 heterocycles. The zero-order valence-corrected chi connectivity index (χ0v) is 10.8. The van der Waals surface area contributed by atoms with Crippen LogP contribution in [0.25, 0.3) is 0 Å². The summed E-state index contributed by atoms with van der Waals surface area (Å²) in [5.74, 6) is 0.320. The Morgan fingerprint density at radius 3 is 2.60 bits per heavy atom.